The van der Waals surface area contributed by atoms with Crippen LogP contribution in [0.5, 0.6) is 0 Å². The Hall–Kier alpha value is -2.17. The van der Waals surface area contributed by atoms with Gasteiger partial charge in [-0.1, -0.05) is 26.0 Å². The van der Waals surface area contributed by atoms with Gasteiger partial charge >= 0.3 is 0 Å². The number of amides is 3. The van der Waals surface area contributed by atoms with E-state index < -0.39 is 0 Å². The van der Waals surface area contributed by atoms with E-state index in [1.165, 1.54) is 4.90 Å². The highest BCUT2D eigenvalue weighted by Gasteiger charge is 2.29. The van der Waals surface area contributed by atoms with Crippen molar-refractivity contribution in [2.75, 3.05) is 11.9 Å². The monoisotopic (exact) mass is 290 g/mol. The van der Waals surface area contributed by atoms with Crippen LogP contribution in [0.2, 0.25) is 0 Å². The highest BCUT2D eigenvalue weighted by atomic mass is 16.2. The van der Waals surface area contributed by atoms with Crippen molar-refractivity contribution in [3.05, 3.63) is 29.8 Å². The average molecular weight is 290 g/mol. The van der Waals surface area contributed by atoms with E-state index in [-0.39, 0.29) is 25.1 Å². The smallest absolute Gasteiger partial charge is 0.230 e. The summed E-state index contributed by atoms with van der Waals surface area (Å²) in [5.74, 6) is -0.263. The molecule has 5 heteroatoms. The quantitative estimate of drug-likeness (QED) is 0.846. The molecule has 0 saturated carbocycles. The van der Waals surface area contributed by atoms with Gasteiger partial charge in [0.1, 0.15) is 0 Å². The lowest BCUT2D eigenvalue weighted by atomic mass is 10.1. The fourth-order valence-corrected chi connectivity index (χ4v) is 2.01. The van der Waals surface area contributed by atoms with E-state index in [4.69, 9.17) is 0 Å². The second-order valence-electron chi connectivity index (χ2n) is 5.53. The molecule has 1 fully saturated rings. The molecule has 1 aliphatic heterocycles. The number of anilines is 1. The lowest BCUT2D eigenvalue weighted by Crippen LogP contribution is -2.47. The first-order valence-electron chi connectivity index (χ1n) is 7.20. The second-order valence-corrected chi connectivity index (χ2v) is 5.53. The first-order chi connectivity index (χ1) is 9.97. The Morgan fingerprint density at radius 1 is 1.29 bits per heavy atom. The molecule has 1 aromatic carbocycles. The largest absolute Gasteiger partial charge is 0.326 e. The number of likely N-dealkylation sites (tertiary alicyclic amines) is 1. The zero-order valence-corrected chi connectivity index (χ0v) is 12.4. The Balaban J connectivity index is 0.00000242. The first kappa shape index (κ1) is 15.2. The van der Waals surface area contributed by atoms with Crippen molar-refractivity contribution in [1.82, 2.24) is 4.90 Å². The van der Waals surface area contributed by atoms with Gasteiger partial charge in [-0.2, -0.15) is 0 Å². The molecule has 114 valence electrons. The number of aryl methyl sites for hydroxylation is 1. The van der Waals surface area contributed by atoms with Crippen LogP contribution in [0.15, 0.2) is 24.3 Å². The van der Waals surface area contributed by atoms with Crippen molar-refractivity contribution in [1.29, 1.82) is 0 Å². The summed E-state index contributed by atoms with van der Waals surface area (Å²) in [6, 6.07) is 7.44. The van der Waals surface area contributed by atoms with Crippen molar-refractivity contribution in [3.8, 4) is 0 Å². The first-order valence-corrected chi connectivity index (χ1v) is 7.20. The molecule has 0 radical (unpaired) electrons. The molecular weight excluding hydrogens is 268 g/mol. The van der Waals surface area contributed by atoms with Crippen molar-refractivity contribution in [3.63, 3.8) is 0 Å². The molecule has 1 aliphatic rings. The molecule has 0 unspecified atom stereocenters. The van der Waals surface area contributed by atoms with E-state index in [0.717, 1.165) is 11.3 Å². The number of carbonyl (C=O) groups excluding carboxylic acids is 3. The van der Waals surface area contributed by atoms with E-state index in [1.807, 2.05) is 38.1 Å². The van der Waals surface area contributed by atoms with E-state index in [0.29, 0.717) is 25.8 Å². The molecular formula is C16H22N2O3. The van der Waals surface area contributed by atoms with E-state index >= 15 is 0 Å². The zero-order chi connectivity index (χ0) is 15.4. The average Bonchev–Trinajstić information content (AvgIpc) is 2.44. The summed E-state index contributed by atoms with van der Waals surface area (Å²) in [4.78, 5) is 35.8. The Kier molecular flexibility index (Phi) is 4.73. The van der Waals surface area contributed by atoms with Gasteiger partial charge in [-0.05, 0) is 24.1 Å². The van der Waals surface area contributed by atoms with Gasteiger partial charge in [-0.3, -0.25) is 19.3 Å². The Bertz CT molecular complexity index is 555. The summed E-state index contributed by atoms with van der Waals surface area (Å²) in [6.45, 7) is 4.23. The summed E-state index contributed by atoms with van der Waals surface area (Å²) < 4.78 is 0. The van der Waals surface area contributed by atoms with Crippen LogP contribution in [0.3, 0.4) is 0 Å². The van der Waals surface area contributed by atoms with Crippen molar-refractivity contribution in [2.24, 2.45) is 5.92 Å². The third kappa shape index (κ3) is 3.90. The lowest BCUT2D eigenvalue weighted by Gasteiger charge is -2.28. The lowest BCUT2D eigenvalue weighted by molar-refractivity contribution is -0.152. The molecule has 0 aliphatic carbocycles. The molecule has 1 N–H and O–H groups in total. The maximum absolute atomic E-state index is 11.7. The third-order valence-corrected chi connectivity index (χ3v) is 3.52. The van der Waals surface area contributed by atoms with Gasteiger partial charge in [0, 0.05) is 32.4 Å². The van der Waals surface area contributed by atoms with Crippen LogP contribution in [-0.4, -0.2) is 29.2 Å². The molecule has 0 bridgehead atoms. The number of rotatable bonds is 5. The van der Waals surface area contributed by atoms with Crippen molar-refractivity contribution < 1.29 is 15.8 Å². The molecule has 2 rings (SSSR count). The summed E-state index contributed by atoms with van der Waals surface area (Å²) >= 11 is 0. The molecule has 3 amide bonds. The van der Waals surface area contributed by atoms with Gasteiger partial charge in [-0.25, -0.2) is 0 Å². The molecule has 0 atom stereocenters. The molecule has 1 aromatic rings. The van der Waals surface area contributed by atoms with Crippen LogP contribution in [-0.2, 0) is 20.8 Å². The van der Waals surface area contributed by atoms with Crippen LogP contribution < -0.4 is 5.32 Å². The van der Waals surface area contributed by atoms with Crippen LogP contribution in [0, 0.1) is 5.92 Å². The predicted molar refractivity (Wildman–Crippen MR) is 81.7 cm³/mol. The molecule has 5 nitrogen and oxygen atoms in total. The second kappa shape index (κ2) is 6.52. The van der Waals surface area contributed by atoms with Crippen LogP contribution in [0.4, 0.5) is 5.69 Å². The molecule has 1 heterocycles. The molecule has 0 aromatic heterocycles. The number of hydrogen-bond donors (Lipinski definition) is 1. The maximum Gasteiger partial charge on any atom is 0.230 e. The predicted octanol–water partition coefficient (Wildman–Crippen LogP) is 2.22. The number of benzene rings is 1. The Morgan fingerprint density at radius 2 is 1.95 bits per heavy atom. The zero-order valence-electron chi connectivity index (χ0n) is 12.4. The van der Waals surface area contributed by atoms with Gasteiger partial charge in [0.2, 0.25) is 17.7 Å². The number of β-lactam (4-membered cyclic amide) rings is 1. The molecule has 0 spiro atoms. The van der Waals surface area contributed by atoms with Gasteiger partial charge in [0.25, 0.3) is 0 Å². The minimum absolute atomic E-state index is 0. The fraction of sp³-hybridized carbons (Fsp3) is 0.438. The van der Waals surface area contributed by atoms with Crippen LogP contribution >= 0.6 is 0 Å². The number of hydrogen-bond acceptors (Lipinski definition) is 3. The topological polar surface area (TPSA) is 66.5 Å². The van der Waals surface area contributed by atoms with Gasteiger partial charge in [0.15, 0.2) is 0 Å². The maximum atomic E-state index is 11.7. The standard InChI is InChI=1S/C16H20N2O3.H2/c1-11(2)16(21)17-13-6-3-12(4-7-13)5-8-14(19)18-10-9-15(18)20;/h3-4,6-7,11H,5,8-10H2,1-2H3,(H,17,21);1H. The van der Waals surface area contributed by atoms with Crippen LogP contribution in [0.25, 0.3) is 0 Å². The van der Waals surface area contributed by atoms with E-state index in [1.54, 1.807) is 0 Å². The van der Waals surface area contributed by atoms with E-state index in [2.05, 4.69) is 5.32 Å². The minimum atomic E-state index is -0.108. The van der Waals surface area contributed by atoms with Gasteiger partial charge < -0.3 is 5.32 Å². The summed E-state index contributed by atoms with van der Waals surface area (Å²) in [5.41, 5.74) is 1.76. The molecule has 21 heavy (non-hydrogen) atoms. The van der Waals surface area contributed by atoms with Crippen molar-refractivity contribution >= 4 is 23.4 Å². The minimum Gasteiger partial charge on any atom is -0.326 e. The van der Waals surface area contributed by atoms with Gasteiger partial charge in [-0.15, -0.1) is 0 Å². The van der Waals surface area contributed by atoms with Crippen molar-refractivity contribution in [2.45, 2.75) is 33.1 Å². The number of nitrogens with one attached hydrogen (secondary N) is 1. The Labute approximate surface area is 125 Å². The summed E-state index contributed by atoms with van der Waals surface area (Å²) in [6.07, 6.45) is 1.42. The summed E-state index contributed by atoms with van der Waals surface area (Å²) in [7, 11) is 0. The SMILES string of the molecule is CC(C)C(=O)Nc1ccc(CCC(=O)N2CCC2=O)cc1.[HH]. The highest BCUT2D eigenvalue weighted by Crippen LogP contribution is 2.15. The fourth-order valence-electron chi connectivity index (χ4n) is 2.01. The molecule has 1 saturated heterocycles. The van der Waals surface area contributed by atoms with Gasteiger partial charge in [0.05, 0.1) is 0 Å². The van der Waals surface area contributed by atoms with E-state index in [9.17, 15) is 14.4 Å². The van der Waals surface area contributed by atoms with Crippen LogP contribution in [0.1, 0.15) is 33.7 Å². The summed E-state index contributed by atoms with van der Waals surface area (Å²) in [5, 5.41) is 2.82. The third-order valence-electron chi connectivity index (χ3n) is 3.52. The number of imide groups is 1. The Morgan fingerprint density at radius 3 is 2.43 bits per heavy atom. The highest BCUT2D eigenvalue weighted by molar-refractivity contribution is 5.99. The number of carbonyl (C=O) groups is 3. The number of nitrogens with zero attached hydrogens (tertiary/aromatic N) is 1. The normalized spacial score (nSPS) is 14.0.